The van der Waals surface area contributed by atoms with Gasteiger partial charge in [-0.25, -0.2) is 4.79 Å². The molecule has 2 aliphatic rings. The van der Waals surface area contributed by atoms with Crippen molar-refractivity contribution in [1.29, 1.82) is 0 Å². The van der Waals surface area contributed by atoms with Crippen LogP contribution in [0.2, 0.25) is 0 Å². The van der Waals surface area contributed by atoms with Crippen LogP contribution in [-0.2, 0) is 14.3 Å². The fourth-order valence-electron chi connectivity index (χ4n) is 3.85. The van der Waals surface area contributed by atoms with E-state index in [0.717, 1.165) is 5.56 Å². The van der Waals surface area contributed by atoms with Gasteiger partial charge in [-0.3, -0.25) is 4.79 Å². The topological polar surface area (TPSA) is 77.5 Å². The Bertz CT molecular complexity index is 710. The van der Waals surface area contributed by atoms with Crippen LogP contribution in [0, 0.1) is 5.92 Å². The summed E-state index contributed by atoms with van der Waals surface area (Å²) in [5.41, 5.74) is 0.908. The van der Waals surface area contributed by atoms with Crippen LogP contribution in [-0.4, -0.2) is 75.5 Å². The predicted molar refractivity (Wildman–Crippen MR) is 102 cm³/mol. The Balaban J connectivity index is 1.96. The number of nitrogens with zero attached hydrogens (tertiary/aromatic N) is 2. The first-order valence-corrected chi connectivity index (χ1v) is 9.59. The normalized spacial score (nSPS) is 21.8. The van der Waals surface area contributed by atoms with E-state index in [1.807, 2.05) is 23.1 Å². The maximum Gasteiger partial charge on any atom is 0.410 e. The number of benzene rings is 1. The molecule has 1 saturated heterocycles. The van der Waals surface area contributed by atoms with Crippen molar-refractivity contribution in [3.8, 4) is 11.5 Å². The molecule has 0 bridgehead atoms. The molecule has 2 heterocycles. The molecule has 1 aromatic carbocycles. The molecule has 0 saturated carbocycles. The maximum absolute atomic E-state index is 12.7. The summed E-state index contributed by atoms with van der Waals surface area (Å²) in [5, 5.41) is 0. The molecule has 2 amide bonds. The lowest BCUT2D eigenvalue weighted by Crippen LogP contribution is -2.51. The van der Waals surface area contributed by atoms with Gasteiger partial charge in [-0.05, 0) is 19.1 Å². The van der Waals surface area contributed by atoms with E-state index in [1.54, 1.807) is 26.0 Å². The van der Waals surface area contributed by atoms with E-state index >= 15 is 0 Å². The zero-order valence-electron chi connectivity index (χ0n) is 16.7. The van der Waals surface area contributed by atoms with Crippen LogP contribution in [0.15, 0.2) is 18.2 Å². The van der Waals surface area contributed by atoms with Gasteiger partial charge < -0.3 is 28.7 Å². The van der Waals surface area contributed by atoms with Crippen molar-refractivity contribution in [2.45, 2.75) is 19.4 Å². The highest BCUT2D eigenvalue weighted by Gasteiger charge is 2.41. The average Bonchev–Trinajstić information content (AvgIpc) is 2.70. The van der Waals surface area contributed by atoms with E-state index in [1.165, 1.54) is 0 Å². The van der Waals surface area contributed by atoms with Gasteiger partial charge in [0.25, 0.3) is 0 Å². The van der Waals surface area contributed by atoms with Gasteiger partial charge in [0.1, 0.15) is 11.5 Å². The Labute approximate surface area is 165 Å². The number of methoxy groups -OCH3 is 2. The molecule has 0 radical (unpaired) electrons. The Morgan fingerprint density at radius 2 is 2.14 bits per heavy atom. The SMILES string of the molecule is CCOC(=O)N1CCC(=O)N(CCOC)C[C@H]2COc3cc(OC)ccc3[C@H]21. The van der Waals surface area contributed by atoms with Gasteiger partial charge in [0, 0.05) is 50.7 Å². The third-order valence-corrected chi connectivity index (χ3v) is 5.22. The highest BCUT2D eigenvalue weighted by molar-refractivity contribution is 5.78. The maximum atomic E-state index is 12.7. The van der Waals surface area contributed by atoms with Crippen LogP contribution < -0.4 is 9.47 Å². The molecule has 0 aromatic heterocycles. The van der Waals surface area contributed by atoms with Gasteiger partial charge in [-0.15, -0.1) is 0 Å². The molecule has 28 heavy (non-hydrogen) atoms. The molecule has 0 N–H and O–H groups in total. The predicted octanol–water partition coefficient (Wildman–Crippen LogP) is 2.08. The lowest BCUT2D eigenvalue weighted by atomic mass is 9.87. The molecular weight excluding hydrogens is 364 g/mol. The summed E-state index contributed by atoms with van der Waals surface area (Å²) in [6, 6.07) is 5.40. The van der Waals surface area contributed by atoms with Crippen molar-refractivity contribution in [3.63, 3.8) is 0 Å². The first-order valence-electron chi connectivity index (χ1n) is 9.59. The molecule has 154 valence electrons. The van der Waals surface area contributed by atoms with Crippen molar-refractivity contribution in [1.82, 2.24) is 9.80 Å². The van der Waals surface area contributed by atoms with Crippen LogP contribution in [0.25, 0.3) is 0 Å². The van der Waals surface area contributed by atoms with Crippen molar-refractivity contribution < 1.29 is 28.5 Å². The quantitative estimate of drug-likeness (QED) is 0.764. The second-order valence-electron chi connectivity index (χ2n) is 6.89. The van der Waals surface area contributed by atoms with E-state index in [-0.39, 0.29) is 30.9 Å². The van der Waals surface area contributed by atoms with Crippen LogP contribution in [0.5, 0.6) is 11.5 Å². The second-order valence-corrected chi connectivity index (χ2v) is 6.89. The van der Waals surface area contributed by atoms with Crippen molar-refractivity contribution in [2.75, 3.05) is 53.7 Å². The fourth-order valence-corrected chi connectivity index (χ4v) is 3.85. The van der Waals surface area contributed by atoms with Gasteiger partial charge in [0.2, 0.25) is 5.91 Å². The molecule has 0 aliphatic carbocycles. The Kier molecular flexibility index (Phi) is 6.61. The zero-order chi connectivity index (χ0) is 20.1. The van der Waals surface area contributed by atoms with Gasteiger partial charge in [0.05, 0.1) is 33.0 Å². The number of ether oxygens (including phenoxy) is 4. The molecule has 2 aliphatic heterocycles. The number of amides is 2. The Morgan fingerprint density at radius 3 is 2.86 bits per heavy atom. The largest absolute Gasteiger partial charge is 0.497 e. The third kappa shape index (κ3) is 4.16. The summed E-state index contributed by atoms with van der Waals surface area (Å²) in [5.74, 6) is 1.34. The summed E-state index contributed by atoms with van der Waals surface area (Å²) in [7, 11) is 3.22. The van der Waals surface area contributed by atoms with E-state index in [4.69, 9.17) is 18.9 Å². The number of hydrogen-bond acceptors (Lipinski definition) is 6. The van der Waals surface area contributed by atoms with Crippen molar-refractivity contribution in [2.24, 2.45) is 5.92 Å². The van der Waals surface area contributed by atoms with Gasteiger partial charge >= 0.3 is 6.09 Å². The van der Waals surface area contributed by atoms with Gasteiger partial charge in [-0.1, -0.05) is 0 Å². The molecule has 8 nitrogen and oxygen atoms in total. The van der Waals surface area contributed by atoms with Crippen LogP contribution in [0.4, 0.5) is 4.79 Å². The number of carbonyl (C=O) groups excluding carboxylic acids is 2. The lowest BCUT2D eigenvalue weighted by molar-refractivity contribution is -0.135. The first kappa shape index (κ1) is 20.3. The van der Waals surface area contributed by atoms with Crippen LogP contribution >= 0.6 is 0 Å². The molecule has 0 unspecified atom stereocenters. The van der Waals surface area contributed by atoms with E-state index in [2.05, 4.69) is 0 Å². The lowest BCUT2D eigenvalue weighted by Gasteiger charge is -2.44. The zero-order valence-corrected chi connectivity index (χ0v) is 16.7. The molecule has 0 spiro atoms. The highest BCUT2D eigenvalue weighted by atomic mass is 16.6. The monoisotopic (exact) mass is 392 g/mol. The summed E-state index contributed by atoms with van der Waals surface area (Å²) in [6.07, 6.45) is -0.155. The molecule has 3 rings (SSSR count). The van der Waals surface area contributed by atoms with Crippen molar-refractivity contribution in [3.05, 3.63) is 23.8 Å². The average molecular weight is 392 g/mol. The Morgan fingerprint density at radius 1 is 1.32 bits per heavy atom. The smallest absolute Gasteiger partial charge is 0.410 e. The molecule has 1 aromatic rings. The van der Waals surface area contributed by atoms with Crippen molar-refractivity contribution >= 4 is 12.0 Å². The molecule has 1 fully saturated rings. The fraction of sp³-hybridized carbons (Fsp3) is 0.600. The summed E-state index contributed by atoms with van der Waals surface area (Å²) in [4.78, 5) is 28.8. The van der Waals surface area contributed by atoms with E-state index in [0.29, 0.717) is 44.3 Å². The third-order valence-electron chi connectivity index (χ3n) is 5.22. The van der Waals surface area contributed by atoms with E-state index in [9.17, 15) is 9.59 Å². The van der Waals surface area contributed by atoms with Gasteiger partial charge in [-0.2, -0.15) is 0 Å². The summed E-state index contributed by atoms with van der Waals surface area (Å²) < 4.78 is 21.7. The summed E-state index contributed by atoms with van der Waals surface area (Å²) >= 11 is 0. The summed E-state index contributed by atoms with van der Waals surface area (Å²) in [6.45, 7) is 4.25. The minimum Gasteiger partial charge on any atom is -0.497 e. The van der Waals surface area contributed by atoms with E-state index < -0.39 is 6.09 Å². The van der Waals surface area contributed by atoms with Gasteiger partial charge in [0.15, 0.2) is 0 Å². The molecule has 2 atom stereocenters. The standard InChI is InChI=1S/C20H28N2O6/c1-4-27-20(24)22-8-7-18(23)21(9-10-25-2)12-14-13-28-17-11-15(26-3)5-6-16(17)19(14)22/h5-6,11,14,19H,4,7-10,12-13H2,1-3H3/t14-,19-/m0/s1. The highest BCUT2D eigenvalue weighted by Crippen LogP contribution is 2.42. The number of carbonyl (C=O) groups is 2. The molecule has 8 heteroatoms. The van der Waals surface area contributed by atoms with Crippen LogP contribution in [0.3, 0.4) is 0 Å². The minimum atomic E-state index is -0.403. The number of rotatable bonds is 5. The first-order chi connectivity index (χ1) is 13.6. The molecular formula is C20H28N2O6. The Hall–Kier alpha value is -2.48. The number of hydrogen-bond donors (Lipinski definition) is 0. The number of fused-ring (bicyclic) bond motifs is 3. The van der Waals surface area contributed by atoms with Crippen LogP contribution in [0.1, 0.15) is 24.9 Å². The second kappa shape index (κ2) is 9.14. The minimum absolute atomic E-state index is 0.00493.